The van der Waals surface area contributed by atoms with Gasteiger partial charge >= 0.3 is 0 Å². The summed E-state index contributed by atoms with van der Waals surface area (Å²) in [7, 11) is -3.61. The van der Waals surface area contributed by atoms with Gasteiger partial charge in [0.15, 0.2) is 0 Å². The van der Waals surface area contributed by atoms with E-state index in [1.54, 1.807) is 18.2 Å². The molecule has 0 aromatic heterocycles. The van der Waals surface area contributed by atoms with Crippen molar-refractivity contribution in [2.45, 2.75) is 31.2 Å². The largest absolute Gasteiger partial charge is 0.379 e. The summed E-state index contributed by atoms with van der Waals surface area (Å²) in [6, 6.07) is 6.00. The van der Waals surface area contributed by atoms with Crippen LogP contribution < -0.4 is 10.0 Å². The first-order valence-corrected chi connectivity index (χ1v) is 11.1. The quantitative estimate of drug-likeness (QED) is 0.643. The van der Waals surface area contributed by atoms with Gasteiger partial charge in [0.2, 0.25) is 5.91 Å². The van der Waals surface area contributed by atoms with Crippen molar-refractivity contribution >= 4 is 21.8 Å². The molecule has 1 atom stereocenters. The standard InChI is InChI=1S/C19H28N4O4S/c1-14(2)17(19(24)20-8-5-9-23-10-12-27-13-11-23)21-18-15-6-3-4-7-16(15)28(25,26)22-18/h3-4,6-7,14,17H,5,8-13H2,1-2H3,(H,20,24)(H,21,22)/t17-/m0/s1. The smallest absolute Gasteiger partial charge is 0.263 e. The minimum atomic E-state index is -3.61. The SMILES string of the molecule is CC(C)[C@H](N=C1NS(=O)(=O)c2ccccc21)C(=O)NCCCN1CCOCC1. The number of morpholine rings is 1. The summed E-state index contributed by atoms with van der Waals surface area (Å²) < 4.78 is 32.3. The molecule has 1 fully saturated rings. The van der Waals surface area contributed by atoms with E-state index in [0.29, 0.717) is 12.1 Å². The molecule has 0 spiro atoms. The second kappa shape index (κ2) is 9.02. The van der Waals surface area contributed by atoms with Gasteiger partial charge in [0.05, 0.1) is 18.1 Å². The normalized spacial score (nSPS) is 21.3. The minimum absolute atomic E-state index is 0.0657. The van der Waals surface area contributed by atoms with Crippen LogP contribution in [-0.4, -0.2) is 70.5 Å². The van der Waals surface area contributed by atoms with Gasteiger partial charge in [0, 0.05) is 25.2 Å². The fraction of sp³-hybridized carbons (Fsp3) is 0.579. The Morgan fingerprint density at radius 3 is 2.71 bits per heavy atom. The maximum atomic E-state index is 12.7. The number of fused-ring (bicyclic) bond motifs is 1. The molecule has 1 amide bonds. The van der Waals surface area contributed by atoms with Crippen molar-refractivity contribution in [3.05, 3.63) is 29.8 Å². The van der Waals surface area contributed by atoms with Crippen molar-refractivity contribution in [2.24, 2.45) is 10.9 Å². The van der Waals surface area contributed by atoms with Crippen molar-refractivity contribution in [3.63, 3.8) is 0 Å². The van der Waals surface area contributed by atoms with E-state index in [9.17, 15) is 13.2 Å². The molecule has 0 unspecified atom stereocenters. The first-order chi connectivity index (χ1) is 13.4. The third-order valence-electron chi connectivity index (χ3n) is 4.89. The van der Waals surface area contributed by atoms with Crippen LogP contribution in [0, 0.1) is 5.92 Å². The van der Waals surface area contributed by atoms with Gasteiger partial charge < -0.3 is 10.1 Å². The molecule has 8 nitrogen and oxygen atoms in total. The Morgan fingerprint density at radius 2 is 2.00 bits per heavy atom. The number of carbonyl (C=O) groups excluding carboxylic acids is 1. The topological polar surface area (TPSA) is 100 Å². The number of sulfonamides is 1. The Balaban J connectivity index is 1.62. The Labute approximate surface area is 166 Å². The average Bonchev–Trinajstić information content (AvgIpc) is 2.94. The van der Waals surface area contributed by atoms with Crippen LogP contribution in [0.25, 0.3) is 0 Å². The molecule has 2 heterocycles. The van der Waals surface area contributed by atoms with E-state index in [2.05, 4.69) is 19.9 Å². The van der Waals surface area contributed by atoms with Gasteiger partial charge in [-0.15, -0.1) is 0 Å². The number of amidine groups is 1. The number of ether oxygens (including phenoxy) is 1. The van der Waals surface area contributed by atoms with E-state index in [1.807, 2.05) is 13.8 Å². The van der Waals surface area contributed by atoms with Gasteiger partial charge in [-0.2, -0.15) is 0 Å². The fourth-order valence-electron chi connectivity index (χ4n) is 3.32. The highest BCUT2D eigenvalue weighted by atomic mass is 32.2. The Morgan fingerprint density at radius 1 is 1.29 bits per heavy atom. The molecule has 0 saturated carbocycles. The summed E-state index contributed by atoms with van der Waals surface area (Å²) in [6.07, 6.45) is 0.850. The molecule has 2 N–H and O–H groups in total. The van der Waals surface area contributed by atoms with Gasteiger partial charge in [-0.25, -0.2) is 8.42 Å². The van der Waals surface area contributed by atoms with Crippen LogP contribution >= 0.6 is 0 Å². The maximum Gasteiger partial charge on any atom is 0.263 e. The van der Waals surface area contributed by atoms with Crippen molar-refractivity contribution in [3.8, 4) is 0 Å². The molecular formula is C19H28N4O4S. The van der Waals surface area contributed by atoms with E-state index in [1.165, 1.54) is 6.07 Å². The lowest BCUT2D eigenvalue weighted by Crippen LogP contribution is -2.41. The van der Waals surface area contributed by atoms with Crippen molar-refractivity contribution in [1.82, 2.24) is 14.9 Å². The molecule has 1 aromatic rings. The number of hydrogen-bond acceptors (Lipinski definition) is 6. The summed E-state index contributed by atoms with van der Waals surface area (Å²) >= 11 is 0. The monoisotopic (exact) mass is 408 g/mol. The summed E-state index contributed by atoms with van der Waals surface area (Å²) in [6.45, 7) is 8.65. The second-order valence-corrected chi connectivity index (χ2v) is 9.02. The average molecular weight is 409 g/mol. The first-order valence-electron chi connectivity index (χ1n) is 9.66. The predicted octanol–water partition coefficient (Wildman–Crippen LogP) is 0.588. The van der Waals surface area contributed by atoms with Gasteiger partial charge in [0.1, 0.15) is 11.9 Å². The van der Waals surface area contributed by atoms with Crippen LogP contribution in [0.5, 0.6) is 0 Å². The van der Waals surface area contributed by atoms with Gasteiger partial charge in [-0.1, -0.05) is 26.0 Å². The number of aliphatic imine (C=N–C) groups is 1. The number of amides is 1. The predicted molar refractivity (Wildman–Crippen MR) is 107 cm³/mol. The fourth-order valence-corrected chi connectivity index (χ4v) is 4.56. The Hall–Kier alpha value is -1.97. The lowest BCUT2D eigenvalue weighted by atomic mass is 10.0. The molecule has 1 aromatic carbocycles. The van der Waals surface area contributed by atoms with Crippen molar-refractivity contribution < 1.29 is 17.9 Å². The van der Waals surface area contributed by atoms with E-state index >= 15 is 0 Å². The van der Waals surface area contributed by atoms with Crippen LogP contribution in [0.1, 0.15) is 25.8 Å². The minimum Gasteiger partial charge on any atom is -0.379 e. The number of benzene rings is 1. The van der Waals surface area contributed by atoms with Gasteiger partial charge in [-0.3, -0.25) is 19.4 Å². The number of carbonyl (C=O) groups is 1. The first kappa shape index (κ1) is 20.8. The highest BCUT2D eigenvalue weighted by Crippen LogP contribution is 2.23. The Bertz CT molecular complexity index is 832. The van der Waals surface area contributed by atoms with E-state index in [0.717, 1.165) is 39.3 Å². The summed E-state index contributed by atoms with van der Waals surface area (Å²) in [5.74, 6) is -0.0187. The summed E-state index contributed by atoms with van der Waals surface area (Å²) in [4.78, 5) is 19.7. The zero-order valence-corrected chi connectivity index (χ0v) is 17.2. The van der Waals surface area contributed by atoms with Crippen LogP contribution in [0.2, 0.25) is 0 Å². The van der Waals surface area contributed by atoms with Crippen molar-refractivity contribution in [1.29, 1.82) is 0 Å². The van der Waals surface area contributed by atoms with Gasteiger partial charge in [0.25, 0.3) is 10.0 Å². The van der Waals surface area contributed by atoms with Crippen molar-refractivity contribution in [2.75, 3.05) is 39.4 Å². The van der Waals surface area contributed by atoms with Crippen LogP contribution in [0.4, 0.5) is 0 Å². The van der Waals surface area contributed by atoms with Gasteiger partial charge in [-0.05, 0) is 31.0 Å². The molecule has 154 valence electrons. The molecule has 2 aliphatic heterocycles. The van der Waals surface area contributed by atoms with E-state index < -0.39 is 16.1 Å². The molecular weight excluding hydrogens is 380 g/mol. The van der Waals surface area contributed by atoms with Crippen LogP contribution in [0.15, 0.2) is 34.2 Å². The highest BCUT2D eigenvalue weighted by molar-refractivity contribution is 7.90. The van der Waals surface area contributed by atoms with E-state index in [4.69, 9.17) is 4.74 Å². The van der Waals surface area contributed by atoms with E-state index in [-0.39, 0.29) is 22.6 Å². The maximum absolute atomic E-state index is 12.7. The Kier molecular flexibility index (Phi) is 6.69. The summed E-state index contributed by atoms with van der Waals surface area (Å²) in [5.41, 5.74) is 0.508. The number of nitrogens with zero attached hydrogens (tertiary/aromatic N) is 2. The third kappa shape index (κ3) is 4.89. The second-order valence-electron chi connectivity index (χ2n) is 7.37. The lowest BCUT2D eigenvalue weighted by molar-refractivity contribution is -0.123. The summed E-state index contributed by atoms with van der Waals surface area (Å²) in [5, 5.41) is 2.94. The number of rotatable bonds is 7. The van der Waals surface area contributed by atoms with Crippen LogP contribution in [-0.2, 0) is 19.6 Å². The molecule has 9 heteroatoms. The molecule has 0 aliphatic carbocycles. The molecule has 1 saturated heterocycles. The number of hydrogen-bond donors (Lipinski definition) is 2. The zero-order chi connectivity index (χ0) is 20.1. The zero-order valence-electron chi connectivity index (χ0n) is 16.3. The van der Waals surface area contributed by atoms with Crippen LogP contribution in [0.3, 0.4) is 0 Å². The molecule has 0 radical (unpaired) electrons. The molecule has 0 bridgehead atoms. The molecule has 2 aliphatic rings. The molecule has 28 heavy (non-hydrogen) atoms. The third-order valence-corrected chi connectivity index (χ3v) is 6.28. The molecule has 3 rings (SSSR count). The number of nitrogens with one attached hydrogen (secondary N) is 2. The lowest BCUT2D eigenvalue weighted by Gasteiger charge is -2.26. The highest BCUT2D eigenvalue weighted by Gasteiger charge is 2.32.